The van der Waals surface area contributed by atoms with Crippen LogP contribution in [0, 0.1) is 5.82 Å². The van der Waals surface area contributed by atoms with Crippen LogP contribution < -0.4 is 10.6 Å². The number of hydrogen-bond acceptors (Lipinski definition) is 3. The van der Waals surface area contributed by atoms with Crippen LogP contribution in [-0.4, -0.2) is 22.4 Å². The number of amides is 1. The molecule has 0 radical (unpaired) electrons. The highest BCUT2D eigenvalue weighted by Crippen LogP contribution is 2.20. The van der Waals surface area contributed by atoms with Crippen LogP contribution in [0.1, 0.15) is 15.9 Å². The van der Waals surface area contributed by atoms with Crippen molar-refractivity contribution in [2.75, 3.05) is 11.9 Å². The van der Waals surface area contributed by atoms with Crippen molar-refractivity contribution in [1.82, 2.24) is 15.3 Å². The minimum Gasteiger partial charge on any atom is -0.361 e. The lowest BCUT2D eigenvalue weighted by atomic mass is 10.1. The maximum absolute atomic E-state index is 13.8. The third-order valence-corrected chi connectivity index (χ3v) is 4.51. The Hall–Kier alpha value is -3.67. The van der Waals surface area contributed by atoms with Crippen LogP contribution in [0.5, 0.6) is 0 Å². The minimum atomic E-state index is -0.365. The normalized spacial score (nSPS) is 10.8. The molecule has 0 atom stereocenters. The molecule has 0 spiro atoms. The van der Waals surface area contributed by atoms with Gasteiger partial charge in [0.2, 0.25) is 0 Å². The third-order valence-electron chi connectivity index (χ3n) is 4.51. The summed E-state index contributed by atoms with van der Waals surface area (Å²) in [7, 11) is 0. The zero-order chi connectivity index (χ0) is 19.3. The minimum absolute atomic E-state index is 0.218. The molecule has 1 amide bonds. The smallest absolute Gasteiger partial charge is 0.252 e. The van der Waals surface area contributed by atoms with Crippen LogP contribution in [0.2, 0.25) is 0 Å². The molecule has 0 unspecified atom stereocenters. The number of hydrogen-bond donors (Lipinski definition) is 3. The van der Waals surface area contributed by atoms with Gasteiger partial charge in [0.1, 0.15) is 5.82 Å². The van der Waals surface area contributed by atoms with Crippen LogP contribution in [0.15, 0.2) is 73.2 Å². The Labute approximate surface area is 161 Å². The lowest BCUT2D eigenvalue weighted by Crippen LogP contribution is -2.25. The van der Waals surface area contributed by atoms with Crippen LogP contribution in [0.25, 0.3) is 10.9 Å². The molecule has 2 heterocycles. The molecule has 0 bridgehead atoms. The molecule has 0 saturated heterocycles. The summed E-state index contributed by atoms with van der Waals surface area (Å²) < 4.78 is 13.8. The van der Waals surface area contributed by atoms with Crippen molar-refractivity contribution >= 4 is 28.2 Å². The molecule has 2 aromatic carbocycles. The number of H-pyrrole nitrogens is 1. The van der Waals surface area contributed by atoms with Crippen molar-refractivity contribution in [1.29, 1.82) is 0 Å². The molecule has 0 aliphatic rings. The molecule has 0 fully saturated rings. The summed E-state index contributed by atoms with van der Waals surface area (Å²) in [5.74, 6) is -0.583. The number of pyridine rings is 1. The van der Waals surface area contributed by atoms with Gasteiger partial charge in [0, 0.05) is 29.8 Å². The van der Waals surface area contributed by atoms with Crippen molar-refractivity contribution in [3.8, 4) is 0 Å². The second kappa shape index (κ2) is 7.92. The second-order valence-electron chi connectivity index (χ2n) is 6.43. The van der Waals surface area contributed by atoms with Crippen molar-refractivity contribution in [2.45, 2.75) is 6.42 Å². The molecule has 28 heavy (non-hydrogen) atoms. The van der Waals surface area contributed by atoms with Crippen LogP contribution >= 0.6 is 0 Å². The number of aromatic nitrogens is 2. The number of carbonyl (C=O) groups is 1. The summed E-state index contributed by atoms with van der Waals surface area (Å²) >= 11 is 0. The van der Waals surface area contributed by atoms with Gasteiger partial charge in [-0.3, -0.25) is 9.78 Å². The summed E-state index contributed by atoms with van der Waals surface area (Å²) in [6.45, 7) is 0.506. The van der Waals surface area contributed by atoms with Gasteiger partial charge in [-0.15, -0.1) is 0 Å². The van der Waals surface area contributed by atoms with E-state index in [0.29, 0.717) is 23.5 Å². The second-order valence-corrected chi connectivity index (χ2v) is 6.43. The molecule has 6 heteroatoms. The lowest BCUT2D eigenvalue weighted by molar-refractivity contribution is 0.0954. The molecular weight excluding hydrogens is 355 g/mol. The largest absolute Gasteiger partial charge is 0.361 e. The third kappa shape index (κ3) is 3.86. The Balaban J connectivity index is 1.39. The van der Waals surface area contributed by atoms with Gasteiger partial charge in [0.05, 0.1) is 23.1 Å². The van der Waals surface area contributed by atoms with Gasteiger partial charge < -0.3 is 15.6 Å². The number of para-hydroxylation sites is 2. The maximum Gasteiger partial charge on any atom is 0.252 e. The van der Waals surface area contributed by atoms with Gasteiger partial charge in [-0.2, -0.15) is 0 Å². The Morgan fingerprint density at radius 2 is 1.89 bits per heavy atom. The maximum atomic E-state index is 13.8. The molecule has 2 aromatic heterocycles. The molecule has 0 aliphatic carbocycles. The number of fused-ring (bicyclic) bond motifs is 1. The Morgan fingerprint density at radius 1 is 1.07 bits per heavy atom. The summed E-state index contributed by atoms with van der Waals surface area (Å²) in [5.41, 5.74) is 3.54. The van der Waals surface area contributed by atoms with Gasteiger partial charge in [-0.25, -0.2) is 4.39 Å². The van der Waals surface area contributed by atoms with Crippen LogP contribution in [0.4, 0.5) is 15.8 Å². The Bertz CT molecular complexity index is 1120. The van der Waals surface area contributed by atoms with E-state index in [1.807, 2.05) is 24.4 Å². The Kier molecular flexibility index (Phi) is 5.01. The molecule has 4 rings (SSSR count). The zero-order valence-corrected chi connectivity index (χ0v) is 15.1. The van der Waals surface area contributed by atoms with E-state index in [9.17, 15) is 9.18 Å². The highest BCUT2D eigenvalue weighted by Gasteiger charge is 2.09. The first-order chi connectivity index (χ1) is 13.7. The molecule has 3 N–H and O–H groups in total. The number of carbonyl (C=O) groups excluding carboxylic acids is 1. The molecule has 0 aliphatic heterocycles. The number of rotatable bonds is 6. The van der Waals surface area contributed by atoms with E-state index in [4.69, 9.17) is 0 Å². The molecule has 140 valence electrons. The number of aromatic amines is 1. The lowest BCUT2D eigenvalue weighted by Gasteiger charge is -2.09. The average molecular weight is 374 g/mol. The van der Waals surface area contributed by atoms with E-state index < -0.39 is 0 Å². The fourth-order valence-electron chi connectivity index (χ4n) is 3.10. The van der Waals surface area contributed by atoms with E-state index in [2.05, 4.69) is 26.7 Å². The molecule has 0 saturated carbocycles. The van der Waals surface area contributed by atoms with Gasteiger partial charge in [0.15, 0.2) is 0 Å². The summed E-state index contributed by atoms with van der Waals surface area (Å²) in [4.78, 5) is 19.8. The van der Waals surface area contributed by atoms with Gasteiger partial charge >= 0.3 is 0 Å². The van der Waals surface area contributed by atoms with Gasteiger partial charge in [-0.1, -0.05) is 30.3 Å². The van der Waals surface area contributed by atoms with Gasteiger partial charge in [0.25, 0.3) is 5.91 Å². The van der Waals surface area contributed by atoms with E-state index in [0.717, 1.165) is 22.9 Å². The predicted octanol–water partition coefficient (Wildman–Crippen LogP) is 4.42. The number of anilines is 2. The molecule has 4 aromatic rings. The van der Waals surface area contributed by atoms with Crippen LogP contribution in [0.3, 0.4) is 0 Å². The Morgan fingerprint density at radius 3 is 2.79 bits per heavy atom. The number of halogens is 1. The number of nitrogens with zero attached hydrogens (tertiary/aromatic N) is 1. The standard InChI is InChI=1S/C22H19FN4O/c23-19-6-2-4-8-21(19)27-17-11-16(12-24-14-17)22(28)25-10-9-15-13-26-20-7-3-1-5-18(15)20/h1-8,11-14,26-27H,9-10H2,(H,25,28). The fraction of sp³-hybridized carbons (Fsp3) is 0.0909. The average Bonchev–Trinajstić information content (AvgIpc) is 3.13. The van der Waals surface area contributed by atoms with E-state index in [-0.39, 0.29) is 11.7 Å². The fourth-order valence-corrected chi connectivity index (χ4v) is 3.10. The van der Waals surface area contributed by atoms with Crippen LogP contribution in [-0.2, 0) is 6.42 Å². The summed E-state index contributed by atoms with van der Waals surface area (Å²) in [6, 6.07) is 16.1. The first-order valence-corrected chi connectivity index (χ1v) is 9.00. The zero-order valence-electron chi connectivity index (χ0n) is 15.1. The van der Waals surface area contributed by atoms with Crippen molar-refractivity contribution in [3.05, 3.63) is 90.1 Å². The summed E-state index contributed by atoms with van der Waals surface area (Å²) in [6.07, 6.45) is 5.73. The molecule has 5 nitrogen and oxygen atoms in total. The number of benzene rings is 2. The predicted molar refractivity (Wildman–Crippen MR) is 108 cm³/mol. The first-order valence-electron chi connectivity index (χ1n) is 9.00. The SMILES string of the molecule is O=C(NCCc1c[nH]c2ccccc12)c1cncc(Nc2ccccc2F)c1. The monoisotopic (exact) mass is 374 g/mol. The van der Waals surface area contributed by atoms with E-state index >= 15 is 0 Å². The number of nitrogens with one attached hydrogen (secondary N) is 3. The van der Waals surface area contributed by atoms with Gasteiger partial charge in [-0.05, 0) is 36.2 Å². The topological polar surface area (TPSA) is 69.8 Å². The molecular formula is C22H19FN4O. The summed E-state index contributed by atoms with van der Waals surface area (Å²) in [5, 5.41) is 7.02. The highest BCUT2D eigenvalue weighted by molar-refractivity contribution is 5.95. The van der Waals surface area contributed by atoms with Crippen molar-refractivity contribution < 1.29 is 9.18 Å². The van der Waals surface area contributed by atoms with Crippen molar-refractivity contribution in [2.24, 2.45) is 0 Å². The van der Waals surface area contributed by atoms with E-state index in [1.165, 1.54) is 12.3 Å². The highest BCUT2D eigenvalue weighted by atomic mass is 19.1. The van der Waals surface area contributed by atoms with E-state index in [1.54, 1.807) is 30.5 Å². The quantitative estimate of drug-likeness (QED) is 0.468. The van der Waals surface area contributed by atoms with Crippen molar-refractivity contribution in [3.63, 3.8) is 0 Å². The first kappa shape index (κ1) is 17.7.